The summed E-state index contributed by atoms with van der Waals surface area (Å²) in [4.78, 5) is 29.3. The summed E-state index contributed by atoms with van der Waals surface area (Å²) in [5.74, 6) is -0.864. The highest BCUT2D eigenvalue weighted by atomic mass is 19.1. The van der Waals surface area contributed by atoms with Gasteiger partial charge in [0.15, 0.2) is 0 Å². The van der Waals surface area contributed by atoms with Crippen LogP contribution in [0.2, 0.25) is 0 Å². The van der Waals surface area contributed by atoms with E-state index in [0.29, 0.717) is 25.3 Å². The van der Waals surface area contributed by atoms with Crippen LogP contribution in [-0.2, 0) is 6.54 Å². The van der Waals surface area contributed by atoms with Gasteiger partial charge >= 0.3 is 6.03 Å². The molecular formula is C26H26FN3O2. The average Bonchev–Trinajstić information content (AvgIpc) is 2.75. The molecule has 0 atom stereocenters. The van der Waals surface area contributed by atoms with Gasteiger partial charge in [-0.3, -0.25) is 9.69 Å². The third-order valence-corrected chi connectivity index (χ3v) is 5.47. The number of hydrogen-bond acceptors (Lipinski definition) is 2. The van der Waals surface area contributed by atoms with Crippen molar-refractivity contribution < 1.29 is 14.0 Å². The van der Waals surface area contributed by atoms with Crippen LogP contribution in [0.3, 0.4) is 0 Å². The van der Waals surface area contributed by atoms with Gasteiger partial charge in [0.05, 0.1) is 0 Å². The summed E-state index contributed by atoms with van der Waals surface area (Å²) in [7, 11) is 0. The molecule has 1 heterocycles. The van der Waals surface area contributed by atoms with Gasteiger partial charge in [0.25, 0.3) is 5.91 Å². The Morgan fingerprint density at radius 1 is 0.969 bits per heavy atom. The first-order valence-electron chi connectivity index (χ1n) is 10.7. The Balaban J connectivity index is 1.49. The molecule has 164 valence electrons. The summed E-state index contributed by atoms with van der Waals surface area (Å²) < 4.78 is 13.4. The van der Waals surface area contributed by atoms with Crippen LogP contribution in [-0.4, -0.2) is 29.9 Å². The normalized spacial score (nSPS) is 13.9. The second-order valence-corrected chi connectivity index (χ2v) is 8.22. The standard InChI is InChI=1S/C26H26FN3O2/c1-18-12-19(2)14-20(13-18)17-29-10-5-11-30(26(29)32)24-9-4-8-23(16-24)28-25(31)21-6-3-7-22(27)15-21/h3-4,6-9,12-16H,5,10-11,17H2,1-2H3,(H,28,31). The van der Waals surface area contributed by atoms with Crippen molar-refractivity contribution in [2.24, 2.45) is 0 Å². The molecule has 0 unspecified atom stereocenters. The van der Waals surface area contributed by atoms with Gasteiger partial charge in [0.2, 0.25) is 0 Å². The number of halogens is 1. The first-order valence-corrected chi connectivity index (χ1v) is 10.7. The number of anilines is 2. The van der Waals surface area contributed by atoms with Crippen molar-refractivity contribution in [1.29, 1.82) is 0 Å². The zero-order valence-corrected chi connectivity index (χ0v) is 18.3. The van der Waals surface area contributed by atoms with Crippen LogP contribution >= 0.6 is 0 Å². The summed E-state index contributed by atoms with van der Waals surface area (Å²) >= 11 is 0. The van der Waals surface area contributed by atoms with Gasteiger partial charge in [-0.1, -0.05) is 41.5 Å². The molecule has 1 saturated heterocycles. The Kier molecular flexibility index (Phi) is 6.21. The Morgan fingerprint density at radius 2 is 1.72 bits per heavy atom. The van der Waals surface area contributed by atoms with Crippen LogP contribution in [0.1, 0.15) is 33.5 Å². The molecule has 0 radical (unpaired) electrons. The van der Waals surface area contributed by atoms with Crippen LogP contribution in [0.25, 0.3) is 0 Å². The molecule has 0 spiro atoms. The zero-order valence-electron chi connectivity index (χ0n) is 18.3. The van der Waals surface area contributed by atoms with Crippen molar-refractivity contribution >= 4 is 23.3 Å². The molecule has 0 aromatic heterocycles. The van der Waals surface area contributed by atoms with Crippen LogP contribution in [0.15, 0.2) is 66.7 Å². The van der Waals surface area contributed by atoms with E-state index in [9.17, 15) is 14.0 Å². The number of carbonyl (C=O) groups is 2. The first-order chi connectivity index (χ1) is 15.4. The quantitative estimate of drug-likeness (QED) is 0.578. The maximum atomic E-state index is 13.4. The van der Waals surface area contributed by atoms with Crippen LogP contribution in [0, 0.1) is 19.7 Å². The third-order valence-electron chi connectivity index (χ3n) is 5.47. The largest absolute Gasteiger partial charge is 0.324 e. The number of rotatable bonds is 5. The molecule has 3 amide bonds. The number of hydrogen-bond donors (Lipinski definition) is 1. The topological polar surface area (TPSA) is 52.6 Å². The molecule has 4 rings (SSSR count). The maximum absolute atomic E-state index is 13.4. The van der Waals surface area contributed by atoms with E-state index < -0.39 is 11.7 Å². The Bertz CT molecular complexity index is 1140. The number of urea groups is 1. The number of benzene rings is 3. The average molecular weight is 432 g/mol. The molecule has 1 aliphatic rings. The van der Waals surface area contributed by atoms with Crippen molar-refractivity contribution in [1.82, 2.24) is 4.90 Å². The van der Waals surface area contributed by atoms with Gasteiger partial charge in [-0.15, -0.1) is 0 Å². The van der Waals surface area contributed by atoms with Gasteiger partial charge in [0, 0.05) is 36.6 Å². The SMILES string of the molecule is Cc1cc(C)cc(CN2CCCN(c3cccc(NC(=O)c4cccc(F)c4)c3)C2=O)c1. The minimum Gasteiger partial charge on any atom is -0.322 e. The predicted octanol–water partition coefficient (Wildman–Crippen LogP) is 5.53. The van der Waals surface area contributed by atoms with E-state index in [4.69, 9.17) is 0 Å². The number of amides is 3. The lowest BCUT2D eigenvalue weighted by molar-refractivity contribution is 0.102. The molecule has 32 heavy (non-hydrogen) atoms. The number of carbonyl (C=O) groups excluding carboxylic acids is 2. The summed E-state index contributed by atoms with van der Waals surface area (Å²) in [5, 5.41) is 2.79. The van der Waals surface area contributed by atoms with E-state index in [1.54, 1.807) is 29.2 Å². The lowest BCUT2D eigenvalue weighted by Gasteiger charge is -2.36. The second-order valence-electron chi connectivity index (χ2n) is 8.22. The van der Waals surface area contributed by atoms with Gasteiger partial charge in [-0.2, -0.15) is 0 Å². The van der Waals surface area contributed by atoms with Crippen LogP contribution < -0.4 is 10.2 Å². The Labute approximate surface area is 187 Å². The minimum atomic E-state index is -0.464. The van der Waals surface area contributed by atoms with Crippen molar-refractivity contribution in [3.63, 3.8) is 0 Å². The fourth-order valence-electron chi connectivity index (χ4n) is 4.13. The fourth-order valence-corrected chi connectivity index (χ4v) is 4.13. The Morgan fingerprint density at radius 3 is 2.47 bits per heavy atom. The minimum absolute atomic E-state index is 0.0518. The number of nitrogens with one attached hydrogen (secondary N) is 1. The summed E-state index contributed by atoms with van der Waals surface area (Å²) in [6.07, 6.45) is 0.858. The summed E-state index contributed by atoms with van der Waals surface area (Å²) in [6, 6.07) is 19.0. The molecule has 1 aliphatic heterocycles. The van der Waals surface area contributed by atoms with E-state index in [0.717, 1.165) is 17.7 Å². The fraction of sp³-hybridized carbons (Fsp3) is 0.231. The third kappa shape index (κ3) is 4.97. The maximum Gasteiger partial charge on any atom is 0.324 e. The molecule has 3 aromatic rings. The first kappa shape index (κ1) is 21.6. The Hall–Kier alpha value is -3.67. The molecule has 5 nitrogen and oxygen atoms in total. The van der Waals surface area contributed by atoms with Crippen LogP contribution in [0.5, 0.6) is 0 Å². The van der Waals surface area contributed by atoms with Gasteiger partial charge < -0.3 is 10.2 Å². The van der Waals surface area contributed by atoms with Crippen molar-refractivity contribution in [3.8, 4) is 0 Å². The molecule has 3 aromatic carbocycles. The van der Waals surface area contributed by atoms with Crippen molar-refractivity contribution in [3.05, 3.63) is 94.8 Å². The van der Waals surface area contributed by atoms with E-state index in [1.165, 1.54) is 29.3 Å². The van der Waals surface area contributed by atoms with E-state index in [2.05, 4.69) is 37.4 Å². The molecule has 0 saturated carbocycles. The van der Waals surface area contributed by atoms with Gasteiger partial charge in [0.1, 0.15) is 5.82 Å². The second kappa shape index (κ2) is 9.22. The highest BCUT2D eigenvalue weighted by molar-refractivity contribution is 6.04. The summed E-state index contributed by atoms with van der Waals surface area (Å²) in [5.41, 5.74) is 5.00. The lowest BCUT2D eigenvalue weighted by atomic mass is 10.1. The predicted molar refractivity (Wildman–Crippen MR) is 124 cm³/mol. The van der Waals surface area contributed by atoms with E-state index in [1.807, 2.05) is 11.0 Å². The molecule has 6 heteroatoms. The molecule has 0 bridgehead atoms. The highest BCUT2D eigenvalue weighted by Gasteiger charge is 2.27. The van der Waals surface area contributed by atoms with Crippen molar-refractivity contribution in [2.45, 2.75) is 26.8 Å². The monoisotopic (exact) mass is 431 g/mol. The molecule has 1 fully saturated rings. The number of aryl methyl sites for hydroxylation is 2. The lowest BCUT2D eigenvalue weighted by Crippen LogP contribution is -2.49. The van der Waals surface area contributed by atoms with E-state index >= 15 is 0 Å². The smallest absolute Gasteiger partial charge is 0.322 e. The zero-order chi connectivity index (χ0) is 22.7. The van der Waals surface area contributed by atoms with Crippen molar-refractivity contribution in [2.75, 3.05) is 23.3 Å². The van der Waals surface area contributed by atoms with E-state index in [-0.39, 0.29) is 11.6 Å². The van der Waals surface area contributed by atoms with Crippen LogP contribution in [0.4, 0.5) is 20.6 Å². The molecular weight excluding hydrogens is 405 g/mol. The number of nitrogens with zero attached hydrogens (tertiary/aromatic N) is 2. The van der Waals surface area contributed by atoms with Gasteiger partial charge in [-0.25, -0.2) is 9.18 Å². The molecule has 1 N–H and O–H groups in total. The molecule has 0 aliphatic carbocycles. The summed E-state index contributed by atoms with van der Waals surface area (Å²) in [6.45, 7) is 6.00. The highest BCUT2D eigenvalue weighted by Crippen LogP contribution is 2.25. The van der Waals surface area contributed by atoms with Gasteiger partial charge in [-0.05, 0) is 62.2 Å².